The van der Waals surface area contributed by atoms with Crippen molar-refractivity contribution in [2.45, 2.75) is 138 Å². The monoisotopic (exact) mass is 1530 g/mol. The average Bonchev–Trinajstić information content (AvgIpc) is 1.80. The van der Waals surface area contributed by atoms with Gasteiger partial charge in [-0.2, -0.15) is 0 Å². The molecule has 0 radical (unpaired) electrons. The number of anilines is 1. The largest absolute Gasteiger partial charge is 0.508 e. The lowest BCUT2D eigenvalue weighted by molar-refractivity contribution is -0.150. The minimum absolute atomic E-state index is 0.00393. The number of aliphatic imine (C=N–C) groups is 1. The summed E-state index contributed by atoms with van der Waals surface area (Å²) in [5.74, 6) is -17.6. The maximum Gasteiger partial charge on any atom is 0.373 e. The Kier molecular flexibility index (Phi) is 28.5. The molecule has 38 nitrogen and oxygen atoms in total. The number of phenolic OH excluding ortho intramolecular Hbond substituents is 2. The first-order valence-corrected chi connectivity index (χ1v) is 35.0. The zero-order valence-electron chi connectivity index (χ0n) is 59.7. The summed E-state index contributed by atoms with van der Waals surface area (Å²) in [4.78, 5) is 216. The van der Waals surface area contributed by atoms with Gasteiger partial charge in [0.25, 0.3) is 11.7 Å². The molecule has 1 saturated heterocycles. The van der Waals surface area contributed by atoms with E-state index in [0.717, 1.165) is 0 Å². The lowest BCUT2D eigenvalue weighted by Gasteiger charge is -2.30. The molecular weight excluding hydrogens is 1440 g/mol. The molecule has 2 aliphatic rings. The Morgan fingerprint density at radius 1 is 0.559 bits per heavy atom. The van der Waals surface area contributed by atoms with Gasteiger partial charge in [0.2, 0.25) is 65.0 Å². The first-order valence-electron chi connectivity index (χ1n) is 35.0. The summed E-state index contributed by atoms with van der Waals surface area (Å²) in [6, 6.07) is 15.5. The van der Waals surface area contributed by atoms with Crippen LogP contribution in [0.1, 0.15) is 66.1 Å². The lowest BCUT2D eigenvalue weighted by Crippen LogP contribution is -2.65. The molecule has 0 bridgehead atoms. The summed E-state index contributed by atoms with van der Waals surface area (Å²) in [6.07, 6.45) is -2.34. The summed E-state index contributed by atoms with van der Waals surface area (Å²) in [7, 11) is 0. The van der Waals surface area contributed by atoms with Gasteiger partial charge in [0, 0.05) is 73.7 Å². The molecule has 0 aliphatic carbocycles. The van der Waals surface area contributed by atoms with Crippen molar-refractivity contribution in [1.82, 2.24) is 84.5 Å². The Hall–Kier alpha value is -13.6. The van der Waals surface area contributed by atoms with Crippen LogP contribution in [0.4, 0.5) is 5.69 Å². The van der Waals surface area contributed by atoms with Gasteiger partial charge in [-0.1, -0.05) is 97.1 Å². The Morgan fingerprint density at radius 3 is 1.73 bits per heavy atom. The predicted octanol–water partition coefficient (Wildman–Crippen LogP) is -4.21. The molecule has 0 unspecified atom stereocenters. The normalized spacial score (nSPS) is 21.7. The van der Waals surface area contributed by atoms with Crippen LogP contribution in [0.5, 0.6) is 11.5 Å². The number of phenols is 2. The molecule has 5 aromatic carbocycles. The number of benzene rings is 5. The number of ketones is 1. The van der Waals surface area contributed by atoms with Crippen molar-refractivity contribution in [1.29, 1.82) is 0 Å². The second-order valence-corrected chi connectivity index (χ2v) is 26.3. The second-order valence-electron chi connectivity index (χ2n) is 26.3. The number of nitrogens with two attached hydrogens (primary N) is 3. The van der Waals surface area contributed by atoms with Crippen molar-refractivity contribution in [2.75, 3.05) is 11.9 Å². The van der Waals surface area contributed by atoms with E-state index in [2.05, 4.69) is 94.8 Å². The Labute approximate surface area is 632 Å². The number of imidazole rings is 1. The van der Waals surface area contributed by atoms with Gasteiger partial charge in [-0.05, 0) is 78.3 Å². The molecule has 11 atom stereocenters. The van der Waals surface area contributed by atoms with E-state index in [9.17, 15) is 58.5 Å². The molecule has 4 heterocycles. The molecular formula is C73H85N21O17. The van der Waals surface area contributed by atoms with Crippen molar-refractivity contribution in [3.05, 3.63) is 180 Å². The highest BCUT2D eigenvalue weighted by molar-refractivity contribution is 6.35. The topological polar surface area (TPSA) is 603 Å². The van der Waals surface area contributed by atoms with Crippen molar-refractivity contribution < 1.29 is 82.4 Å². The third-order valence-electron chi connectivity index (χ3n) is 17.9. The number of carboxylic acids is 1. The Bertz CT molecular complexity index is 4580. The number of guanidine groups is 1. The fourth-order valence-corrected chi connectivity index (χ4v) is 12.1. The molecule has 0 saturated carbocycles. The minimum atomic E-state index is -2.34. The van der Waals surface area contributed by atoms with Crippen LogP contribution in [0.25, 0.3) is 10.9 Å². The van der Waals surface area contributed by atoms with Crippen LogP contribution in [-0.2, 0) is 106 Å². The summed E-state index contributed by atoms with van der Waals surface area (Å²) < 4.78 is 0. The molecule has 584 valence electrons. The van der Waals surface area contributed by atoms with Crippen molar-refractivity contribution >= 4 is 105 Å². The van der Waals surface area contributed by atoms with Gasteiger partial charge in [-0.3, -0.25) is 72.7 Å². The van der Waals surface area contributed by atoms with Gasteiger partial charge in [0.1, 0.15) is 71.9 Å². The number of aliphatic carboxylic acids is 1. The van der Waals surface area contributed by atoms with E-state index in [0.29, 0.717) is 33.2 Å². The zero-order valence-corrected chi connectivity index (χ0v) is 59.7. The van der Waals surface area contributed by atoms with Gasteiger partial charge in [0.15, 0.2) is 12.1 Å². The van der Waals surface area contributed by atoms with E-state index >= 15 is 24.0 Å². The SMILES string of the molecule is C[C@@H]1NC(=O)[C@H](CC(N)=O)NC(=O)[C@H](Cc2c[nH]c3ccccc23)NC(=O)[C@H](CCCN=C(N)N)NC(=O)[C@@H](Cc2ccccc2)NC(=O)[C@H](Cc2c[nH]cn2)NC(=O)[C@@H](NN[C@H]2Cc3ccc(O)cc3NC2=O)CC(=O)N[C@H](C(=O)NN[C@@H](Cc2ccc(O)cc2)C(=O)C(=O)O)NC(=O)[C@H](Cc2ccccc2)NC1=O. The third-order valence-corrected chi connectivity index (χ3v) is 17.9. The first-order chi connectivity index (χ1) is 53.1. The number of carboxylic acid groups (broad SMARTS) is 1. The van der Waals surface area contributed by atoms with Crippen molar-refractivity contribution in [2.24, 2.45) is 22.2 Å². The van der Waals surface area contributed by atoms with E-state index in [4.69, 9.17) is 17.2 Å². The predicted molar refractivity (Wildman–Crippen MR) is 396 cm³/mol. The molecule has 12 amide bonds. The molecule has 2 aliphatic heterocycles. The highest BCUT2D eigenvalue weighted by Crippen LogP contribution is 2.27. The van der Waals surface area contributed by atoms with Gasteiger partial charge in [-0.25, -0.2) is 26.1 Å². The van der Waals surface area contributed by atoms with Gasteiger partial charge in [-0.15, -0.1) is 0 Å². The number of para-hydroxylation sites is 1. The van der Waals surface area contributed by atoms with Crippen molar-refractivity contribution in [3.63, 3.8) is 0 Å². The van der Waals surface area contributed by atoms with Crippen LogP contribution < -0.4 is 92.1 Å². The number of H-pyrrole nitrogens is 2. The minimum Gasteiger partial charge on any atom is -0.508 e. The fourth-order valence-electron chi connectivity index (χ4n) is 12.1. The quantitative estimate of drug-likeness (QED) is 0.00896. The van der Waals surface area contributed by atoms with Gasteiger partial charge < -0.3 is 95.7 Å². The number of aromatic nitrogens is 3. The maximum absolute atomic E-state index is 15.3. The number of carbonyl (C=O) groups excluding carboxylic acids is 13. The Morgan fingerprint density at radius 2 is 1.11 bits per heavy atom. The number of nitrogens with one attached hydrogen (secondary N) is 16. The van der Waals surface area contributed by atoms with E-state index in [1.54, 1.807) is 91.1 Å². The molecule has 38 heteroatoms. The van der Waals surface area contributed by atoms with Crippen LogP contribution in [0.15, 0.2) is 151 Å². The molecule has 9 rings (SSSR count). The number of hydrogen-bond acceptors (Lipinski definition) is 21. The number of primary amides is 1. The highest BCUT2D eigenvalue weighted by Gasteiger charge is 2.39. The third kappa shape index (κ3) is 23.9. The van der Waals surface area contributed by atoms with Gasteiger partial charge in [0.05, 0.1) is 24.9 Å². The molecule has 111 heavy (non-hydrogen) atoms. The number of hydrazine groups is 2. The summed E-state index contributed by atoms with van der Waals surface area (Å²) in [6.45, 7) is 1.08. The molecule has 7 aromatic rings. The number of Topliss-reactive ketones (excluding diaryl/α,β-unsaturated/α-hetero) is 1. The maximum atomic E-state index is 15.3. The van der Waals surface area contributed by atoms with E-state index in [-0.39, 0.29) is 73.1 Å². The number of rotatable bonds is 24. The summed E-state index contributed by atoms with van der Waals surface area (Å²) in [5, 5.41) is 56.0. The molecule has 2 aromatic heterocycles. The second kappa shape index (κ2) is 38.8. The van der Waals surface area contributed by atoms with E-state index in [1.807, 2.05) is 0 Å². The number of nitrogens with zero attached hydrogens (tertiary/aromatic N) is 2. The van der Waals surface area contributed by atoms with Gasteiger partial charge >= 0.3 is 5.97 Å². The first kappa shape index (κ1) is 81.5. The standard InChI is InChI=1S/C73H85N21O17/c1-37-62(100)84-52(27-39-13-6-3-7-14-39)68(106)90-61(71(109)94-91-50(60(99)72(110)111)25-40-18-21-44(95)22-19-40)89-59(98)33-57(93-92-56-28-41-20-23-45(96)31-49(41)83-69(56)107)70(108)87-54(30-43-35-77-36-80-43)67(105)85-51(26-38-11-4-2-5-12-38)65(103)82-48(17-10-24-78-73(75)76)63(101)86-53(29-42-34-79-47-16-9-8-15-46(42)47)66(104)88-55(32-58(74)97)64(102)81-37/h2-9,11-16,18-23,31,34-37,48,50-57,61,79,91-93,95-96H,10,17,24-30,32-33H2,1H3,(H2,74,97)(H,77,80)(H,81,102)(H,82,103)(H,83,107)(H,84,100)(H,85,105)(H,86,101)(H,87,108)(H,88,104)(H,89,98)(H,90,106)(H,94,109)(H,110,111)(H4,75,76,78)/t37-,48-,50-,51+,52-,53-,54-,55-,56-,57-,61-/m0/s1. The zero-order chi connectivity index (χ0) is 79.8. The number of carbonyl (C=O) groups is 14. The van der Waals surface area contributed by atoms with Crippen molar-refractivity contribution in [3.8, 4) is 11.5 Å². The number of aromatic amines is 2. The molecule has 1 fully saturated rings. The van der Waals surface area contributed by atoms with Crippen LogP contribution in [0.2, 0.25) is 0 Å². The van der Waals surface area contributed by atoms with Crippen LogP contribution in [0, 0.1) is 0 Å². The Balaban J connectivity index is 1.14. The number of hydrogen-bond donors (Lipinski definition) is 22. The summed E-state index contributed by atoms with van der Waals surface area (Å²) in [5.41, 5.74) is 30.0. The highest BCUT2D eigenvalue weighted by atomic mass is 16.4. The smallest absolute Gasteiger partial charge is 0.373 e. The summed E-state index contributed by atoms with van der Waals surface area (Å²) >= 11 is 0. The van der Waals surface area contributed by atoms with Crippen LogP contribution in [0.3, 0.4) is 0 Å². The van der Waals surface area contributed by atoms with Crippen LogP contribution in [-0.4, -0.2) is 192 Å². The molecule has 0 spiro atoms. The van der Waals surface area contributed by atoms with E-state index < -0.39 is 181 Å². The average molecular weight is 1530 g/mol. The number of aromatic hydroxyl groups is 2. The van der Waals surface area contributed by atoms with Crippen LogP contribution >= 0.6 is 0 Å². The lowest BCUT2D eigenvalue weighted by atomic mass is 9.99. The fraction of sp³-hybridized carbons (Fsp3) is 0.315. The molecule has 25 N–H and O–H groups in total. The number of amides is 12. The van der Waals surface area contributed by atoms with E-state index in [1.165, 1.54) is 61.9 Å². The number of fused-ring (bicyclic) bond motifs is 2.